The van der Waals surface area contributed by atoms with E-state index in [4.69, 9.17) is 0 Å². The number of para-hydroxylation sites is 1. The zero-order valence-corrected chi connectivity index (χ0v) is 12.6. The van der Waals surface area contributed by atoms with Crippen molar-refractivity contribution in [2.75, 3.05) is 5.43 Å². The van der Waals surface area contributed by atoms with Crippen LogP contribution in [0, 0.1) is 0 Å². The third-order valence-electron chi connectivity index (χ3n) is 2.64. The smallest absolute Gasteiger partial charge is 0.204 e. The van der Waals surface area contributed by atoms with E-state index in [1.54, 1.807) is 35.8 Å². The highest BCUT2D eigenvalue weighted by molar-refractivity contribution is 9.10. The topological polar surface area (TPSA) is 57.5 Å². The van der Waals surface area contributed by atoms with Crippen LogP contribution in [0.4, 0.5) is 5.13 Å². The number of phenolic OH excluding ortho intramolecular Hbond substituents is 1. The molecule has 0 bridgehead atoms. The Labute approximate surface area is 127 Å². The lowest BCUT2D eigenvalue weighted by Gasteiger charge is -1.98. The molecule has 3 rings (SSSR count). The van der Waals surface area contributed by atoms with Gasteiger partial charge in [-0.25, -0.2) is 4.98 Å². The number of nitrogens with zero attached hydrogens (tertiary/aromatic N) is 2. The van der Waals surface area contributed by atoms with Crippen molar-refractivity contribution in [3.05, 3.63) is 52.5 Å². The molecule has 100 valence electrons. The minimum Gasteiger partial charge on any atom is -0.507 e. The first-order chi connectivity index (χ1) is 9.72. The number of benzene rings is 2. The Balaban J connectivity index is 1.75. The van der Waals surface area contributed by atoms with Crippen molar-refractivity contribution in [2.24, 2.45) is 5.10 Å². The van der Waals surface area contributed by atoms with Gasteiger partial charge in [0.1, 0.15) is 5.75 Å². The van der Waals surface area contributed by atoms with Gasteiger partial charge in [0.15, 0.2) is 0 Å². The summed E-state index contributed by atoms with van der Waals surface area (Å²) in [7, 11) is 0. The number of thiazole rings is 1. The van der Waals surface area contributed by atoms with Gasteiger partial charge in [0.2, 0.25) is 5.13 Å². The number of nitrogens with one attached hydrogen (secondary N) is 1. The molecule has 3 aromatic rings. The van der Waals surface area contributed by atoms with E-state index in [1.807, 2.05) is 24.3 Å². The first-order valence-corrected chi connectivity index (χ1v) is 7.46. The highest BCUT2D eigenvalue weighted by Gasteiger charge is 2.01. The second kappa shape index (κ2) is 5.60. The highest BCUT2D eigenvalue weighted by atomic mass is 79.9. The van der Waals surface area contributed by atoms with E-state index in [9.17, 15) is 5.11 Å². The maximum Gasteiger partial charge on any atom is 0.204 e. The van der Waals surface area contributed by atoms with E-state index < -0.39 is 0 Å². The molecule has 1 heterocycles. The molecule has 4 nitrogen and oxygen atoms in total. The summed E-state index contributed by atoms with van der Waals surface area (Å²) in [5.41, 5.74) is 4.75. The number of hydrogen-bond acceptors (Lipinski definition) is 5. The van der Waals surface area contributed by atoms with Gasteiger partial charge < -0.3 is 5.11 Å². The lowest BCUT2D eigenvalue weighted by atomic mass is 10.2. The summed E-state index contributed by atoms with van der Waals surface area (Å²) >= 11 is 4.82. The number of aromatic hydroxyl groups is 1. The summed E-state index contributed by atoms with van der Waals surface area (Å²) in [6.07, 6.45) is 1.68. The summed E-state index contributed by atoms with van der Waals surface area (Å²) in [5.74, 6) is 0.210. The Kier molecular flexibility index (Phi) is 3.66. The number of rotatable bonds is 3. The first-order valence-electron chi connectivity index (χ1n) is 5.85. The first kappa shape index (κ1) is 13.1. The molecule has 20 heavy (non-hydrogen) atoms. The second-order valence-electron chi connectivity index (χ2n) is 4.07. The molecule has 2 N–H and O–H groups in total. The number of hydrogen-bond donors (Lipinski definition) is 2. The Hall–Kier alpha value is -1.92. The minimum absolute atomic E-state index is 0.210. The Bertz CT molecular complexity index is 752. The molecule has 1 aromatic heterocycles. The maximum atomic E-state index is 9.41. The molecular formula is C14H10BrN3OS. The standard InChI is InChI=1S/C14H10BrN3OS/c15-10-7-9(5-6-12(10)19)8-16-18-14-17-11-3-1-2-4-13(11)20-14/h1-8,19H,(H,17,18). The van der Waals surface area contributed by atoms with Gasteiger partial charge in [-0.3, -0.25) is 5.43 Å². The van der Waals surface area contributed by atoms with E-state index >= 15 is 0 Å². The predicted molar refractivity (Wildman–Crippen MR) is 86.6 cm³/mol. The van der Waals surface area contributed by atoms with Gasteiger partial charge in [-0.1, -0.05) is 23.5 Å². The van der Waals surface area contributed by atoms with Gasteiger partial charge in [0, 0.05) is 0 Å². The van der Waals surface area contributed by atoms with Crippen LogP contribution in [0.5, 0.6) is 5.75 Å². The van der Waals surface area contributed by atoms with Crippen molar-refractivity contribution in [2.45, 2.75) is 0 Å². The number of hydrazone groups is 1. The number of phenols is 1. The highest BCUT2D eigenvalue weighted by Crippen LogP contribution is 2.25. The second-order valence-corrected chi connectivity index (χ2v) is 5.95. The number of anilines is 1. The van der Waals surface area contributed by atoms with Crippen LogP contribution < -0.4 is 5.43 Å². The van der Waals surface area contributed by atoms with Crippen LogP contribution in [0.2, 0.25) is 0 Å². The van der Waals surface area contributed by atoms with E-state index in [0.717, 1.165) is 20.9 Å². The van der Waals surface area contributed by atoms with E-state index in [0.29, 0.717) is 4.47 Å². The fraction of sp³-hybridized carbons (Fsp3) is 0. The van der Waals surface area contributed by atoms with Crippen LogP contribution >= 0.6 is 27.3 Å². The van der Waals surface area contributed by atoms with Crippen LogP contribution in [0.3, 0.4) is 0 Å². The molecule has 0 fully saturated rings. The SMILES string of the molecule is Oc1ccc(C=NNc2nc3ccccc3s2)cc1Br. The van der Waals surface area contributed by atoms with Crippen molar-refractivity contribution >= 4 is 48.8 Å². The number of fused-ring (bicyclic) bond motifs is 1. The van der Waals surface area contributed by atoms with Crippen LogP contribution in [0.15, 0.2) is 52.0 Å². The average molecular weight is 348 g/mol. The van der Waals surface area contributed by atoms with Gasteiger partial charge in [-0.15, -0.1) is 0 Å². The van der Waals surface area contributed by atoms with Crippen molar-refractivity contribution < 1.29 is 5.11 Å². The molecule has 0 radical (unpaired) electrons. The maximum absolute atomic E-state index is 9.41. The molecule has 0 spiro atoms. The summed E-state index contributed by atoms with van der Waals surface area (Å²) in [4.78, 5) is 4.42. The number of aromatic nitrogens is 1. The van der Waals surface area contributed by atoms with E-state index in [-0.39, 0.29) is 5.75 Å². The van der Waals surface area contributed by atoms with Crippen molar-refractivity contribution in [1.29, 1.82) is 0 Å². The Morgan fingerprint density at radius 2 is 2.10 bits per heavy atom. The lowest BCUT2D eigenvalue weighted by Crippen LogP contribution is -1.89. The van der Waals surface area contributed by atoms with E-state index in [2.05, 4.69) is 31.4 Å². The fourth-order valence-corrected chi connectivity index (χ4v) is 2.90. The molecule has 0 saturated carbocycles. The number of halogens is 1. The molecule has 0 unspecified atom stereocenters. The molecule has 0 atom stereocenters. The summed E-state index contributed by atoms with van der Waals surface area (Å²) in [6, 6.07) is 13.1. The largest absolute Gasteiger partial charge is 0.507 e. The molecule has 0 saturated heterocycles. The molecule has 2 aromatic carbocycles. The van der Waals surface area contributed by atoms with Gasteiger partial charge in [0.25, 0.3) is 0 Å². The van der Waals surface area contributed by atoms with Crippen LogP contribution in [0.1, 0.15) is 5.56 Å². The Morgan fingerprint density at radius 3 is 2.90 bits per heavy atom. The molecular weight excluding hydrogens is 338 g/mol. The van der Waals surface area contributed by atoms with Gasteiger partial charge in [-0.2, -0.15) is 5.10 Å². The molecule has 0 aliphatic carbocycles. The minimum atomic E-state index is 0.210. The quantitative estimate of drug-likeness (QED) is 0.551. The van der Waals surface area contributed by atoms with Gasteiger partial charge in [0.05, 0.1) is 20.9 Å². The average Bonchev–Trinajstić information content (AvgIpc) is 2.85. The van der Waals surface area contributed by atoms with Crippen LogP contribution in [-0.4, -0.2) is 16.3 Å². The zero-order chi connectivity index (χ0) is 13.9. The molecule has 0 aliphatic rings. The zero-order valence-electron chi connectivity index (χ0n) is 10.2. The molecule has 0 amide bonds. The monoisotopic (exact) mass is 347 g/mol. The van der Waals surface area contributed by atoms with Crippen molar-refractivity contribution in [1.82, 2.24) is 4.98 Å². The van der Waals surface area contributed by atoms with Gasteiger partial charge in [-0.05, 0) is 51.8 Å². The summed E-state index contributed by atoms with van der Waals surface area (Å²) < 4.78 is 1.76. The fourth-order valence-electron chi connectivity index (χ4n) is 1.69. The predicted octanol–water partition coefficient (Wildman–Crippen LogP) is 4.21. The van der Waals surface area contributed by atoms with Crippen LogP contribution in [-0.2, 0) is 0 Å². The Morgan fingerprint density at radius 1 is 1.25 bits per heavy atom. The molecule has 6 heteroatoms. The molecule has 0 aliphatic heterocycles. The van der Waals surface area contributed by atoms with E-state index in [1.165, 1.54) is 0 Å². The third kappa shape index (κ3) is 2.81. The summed E-state index contributed by atoms with van der Waals surface area (Å²) in [5, 5.41) is 14.3. The van der Waals surface area contributed by atoms with Crippen molar-refractivity contribution in [3.63, 3.8) is 0 Å². The summed E-state index contributed by atoms with van der Waals surface area (Å²) in [6.45, 7) is 0. The van der Waals surface area contributed by atoms with Crippen LogP contribution in [0.25, 0.3) is 10.2 Å². The third-order valence-corrected chi connectivity index (χ3v) is 4.22. The van der Waals surface area contributed by atoms with Gasteiger partial charge >= 0.3 is 0 Å². The van der Waals surface area contributed by atoms with Crippen molar-refractivity contribution in [3.8, 4) is 5.75 Å². The normalized spacial score (nSPS) is 11.2. The lowest BCUT2D eigenvalue weighted by molar-refractivity contribution is 0.472.